The van der Waals surface area contributed by atoms with Crippen LogP contribution in [-0.2, 0) is 9.53 Å². The van der Waals surface area contributed by atoms with E-state index in [0.717, 1.165) is 51.2 Å². The number of esters is 1. The van der Waals surface area contributed by atoms with Gasteiger partial charge in [-0.05, 0) is 26.2 Å². The third kappa shape index (κ3) is 11.8. The summed E-state index contributed by atoms with van der Waals surface area (Å²) in [7, 11) is 1.79. The lowest BCUT2D eigenvalue weighted by molar-refractivity contribution is -0.143. The number of carbonyl (C=O) groups is 1. The first-order valence-corrected chi connectivity index (χ1v) is 7.84. The number of carbonyl (C=O) groups excluding carboxylic acids is 1. The maximum Gasteiger partial charge on any atom is 0.305 e. The lowest BCUT2D eigenvalue weighted by atomic mass is 10.1. The van der Waals surface area contributed by atoms with Gasteiger partial charge < -0.3 is 15.4 Å². The molecule has 20 heavy (non-hydrogen) atoms. The SMILES string of the molecule is CCCCNC(=NC)NCCCCCCC(=O)OCC. The number of nitrogens with one attached hydrogen (secondary N) is 2. The number of guanidine groups is 1. The zero-order chi connectivity index (χ0) is 15.1. The molecule has 0 aromatic rings. The first-order valence-electron chi connectivity index (χ1n) is 7.84. The average molecular weight is 285 g/mol. The van der Waals surface area contributed by atoms with E-state index in [1.165, 1.54) is 6.42 Å². The number of aliphatic imine (C=N–C) groups is 1. The van der Waals surface area contributed by atoms with Gasteiger partial charge >= 0.3 is 5.97 Å². The van der Waals surface area contributed by atoms with Crippen LogP contribution in [0, 0.1) is 0 Å². The van der Waals surface area contributed by atoms with Gasteiger partial charge in [0.25, 0.3) is 0 Å². The minimum atomic E-state index is -0.0776. The van der Waals surface area contributed by atoms with Crippen molar-refractivity contribution in [2.24, 2.45) is 4.99 Å². The van der Waals surface area contributed by atoms with Crippen molar-refractivity contribution in [3.8, 4) is 0 Å². The van der Waals surface area contributed by atoms with Gasteiger partial charge in [0.05, 0.1) is 6.61 Å². The van der Waals surface area contributed by atoms with Gasteiger partial charge in [-0.25, -0.2) is 0 Å². The second kappa shape index (κ2) is 14.2. The Kier molecular flexibility index (Phi) is 13.3. The molecular weight excluding hydrogens is 254 g/mol. The van der Waals surface area contributed by atoms with E-state index in [1.807, 2.05) is 6.92 Å². The second-order valence-corrected chi connectivity index (χ2v) is 4.75. The normalized spacial score (nSPS) is 11.2. The van der Waals surface area contributed by atoms with Gasteiger partial charge in [-0.15, -0.1) is 0 Å². The van der Waals surface area contributed by atoms with Crippen LogP contribution < -0.4 is 10.6 Å². The van der Waals surface area contributed by atoms with Crippen LogP contribution in [0.15, 0.2) is 4.99 Å². The molecule has 0 aliphatic heterocycles. The van der Waals surface area contributed by atoms with E-state index in [1.54, 1.807) is 7.05 Å². The number of unbranched alkanes of at least 4 members (excludes halogenated alkanes) is 4. The fourth-order valence-electron chi connectivity index (χ4n) is 1.79. The van der Waals surface area contributed by atoms with E-state index in [0.29, 0.717) is 13.0 Å². The van der Waals surface area contributed by atoms with Crippen LogP contribution in [0.25, 0.3) is 0 Å². The molecule has 5 heteroatoms. The highest BCUT2D eigenvalue weighted by Crippen LogP contribution is 2.03. The molecule has 0 radical (unpaired) electrons. The maximum atomic E-state index is 11.1. The van der Waals surface area contributed by atoms with Crippen LogP contribution in [0.5, 0.6) is 0 Å². The Labute approximate surface area is 123 Å². The summed E-state index contributed by atoms with van der Waals surface area (Å²) in [6.07, 6.45) is 7.10. The zero-order valence-electron chi connectivity index (χ0n) is 13.3. The summed E-state index contributed by atoms with van der Waals surface area (Å²) in [5.74, 6) is 0.802. The monoisotopic (exact) mass is 285 g/mol. The van der Waals surface area contributed by atoms with E-state index < -0.39 is 0 Å². The Hall–Kier alpha value is -1.26. The molecule has 0 aromatic heterocycles. The Morgan fingerprint density at radius 3 is 2.25 bits per heavy atom. The van der Waals surface area contributed by atoms with E-state index >= 15 is 0 Å². The van der Waals surface area contributed by atoms with Crippen molar-refractivity contribution in [3.63, 3.8) is 0 Å². The number of nitrogens with zero attached hydrogens (tertiary/aromatic N) is 1. The Morgan fingerprint density at radius 2 is 1.65 bits per heavy atom. The third-order valence-electron chi connectivity index (χ3n) is 2.95. The quantitative estimate of drug-likeness (QED) is 0.265. The Balaban J connectivity index is 3.39. The summed E-state index contributed by atoms with van der Waals surface area (Å²) in [6.45, 7) is 6.38. The fraction of sp³-hybridized carbons (Fsp3) is 0.867. The molecule has 0 saturated carbocycles. The van der Waals surface area contributed by atoms with Crippen LogP contribution in [0.3, 0.4) is 0 Å². The van der Waals surface area contributed by atoms with Crippen molar-refractivity contribution in [2.45, 2.75) is 58.8 Å². The predicted octanol–water partition coefficient (Wildman–Crippen LogP) is 2.47. The number of hydrogen-bond acceptors (Lipinski definition) is 3. The topological polar surface area (TPSA) is 62.7 Å². The number of hydrogen-bond donors (Lipinski definition) is 2. The standard InChI is InChI=1S/C15H31N3O2/c1-4-6-12-17-15(16-3)18-13-10-8-7-9-11-14(19)20-5-2/h4-13H2,1-3H3,(H2,16,17,18). The van der Waals surface area contributed by atoms with E-state index in [4.69, 9.17) is 4.74 Å². The summed E-state index contributed by atoms with van der Waals surface area (Å²) in [6, 6.07) is 0. The summed E-state index contributed by atoms with van der Waals surface area (Å²) in [4.78, 5) is 15.3. The molecule has 0 saturated heterocycles. The van der Waals surface area contributed by atoms with Gasteiger partial charge in [-0.2, -0.15) is 0 Å². The van der Waals surface area contributed by atoms with Crippen molar-refractivity contribution < 1.29 is 9.53 Å². The van der Waals surface area contributed by atoms with Gasteiger partial charge in [0.2, 0.25) is 0 Å². The molecule has 118 valence electrons. The highest BCUT2D eigenvalue weighted by atomic mass is 16.5. The number of rotatable bonds is 11. The predicted molar refractivity (Wildman–Crippen MR) is 84.0 cm³/mol. The van der Waals surface area contributed by atoms with Crippen LogP contribution >= 0.6 is 0 Å². The lowest BCUT2D eigenvalue weighted by Gasteiger charge is -2.11. The van der Waals surface area contributed by atoms with Crippen LogP contribution in [-0.4, -0.2) is 38.7 Å². The molecule has 0 aliphatic rings. The summed E-state index contributed by atoms with van der Waals surface area (Å²) >= 11 is 0. The molecule has 0 fully saturated rings. The highest BCUT2D eigenvalue weighted by molar-refractivity contribution is 5.79. The van der Waals surface area contributed by atoms with Gasteiger partial charge in [-0.1, -0.05) is 26.2 Å². The first kappa shape index (κ1) is 18.7. The average Bonchev–Trinajstić information content (AvgIpc) is 2.44. The van der Waals surface area contributed by atoms with E-state index in [2.05, 4.69) is 22.5 Å². The third-order valence-corrected chi connectivity index (χ3v) is 2.95. The molecular formula is C15H31N3O2. The van der Waals surface area contributed by atoms with Crippen molar-refractivity contribution >= 4 is 11.9 Å². The maximum absolute atomic E-state index is 11.1. The van der Waals surface area contributed by atoms with Crippen molar-refractivity contribution in [1.29, 1.82) is 0 Å². The summed E-state index contributed by atoms with van der Waals surface area (Å²) in [5, 5.41) is 6.57. The van der Waals surface area contributed by atoms with Gasteiger partial charge in [0.15, 0.2) is 5.96 Å². The molecule has 0 rings (SSSR count). The zero-order valence-corrected chi connectivity index (χ0v) is 13.3. The van der Waals surface area contributed by atoms with Crippen LogP contribution in [0.4, 0.5) is 0 Å². The molecule has 0 unspecified atom stereocenters. The van der Waals surface area contributed by atoms with Gasteiger partial charge in [0, 0.05) is 26.6 Å². The molecule has 0 aliphatic carbocycles. The largest absolute Gasteiger partial charge is 0.466 e. The lowest BCUT2D eigenvalue weighted by Crippen LogP contribution is -2.38. The second-order valence-electron chi connectivity index (χ2n) is 4.75. The number of ether oxygens (including phenoxy) is 1. The first-order chi connectivity index (χ1) is 9.74. The molecule has 0 amide bonds. The van der Waals surface area contributed by atoms with Crippen molar-refractivity contribution in [3.05, 3.63) is 0 Å². The minimum absolute atomic E-state index is 0.0776. The smallest absolute Gasteiger partial charge is 0.305 e. The van der Waals surface area contributed by atoms with Gasteiger partial charge in [0.1, 0.15) is 0 Å². The van der Waals surface area contributed by atoms with E-state index in [9.17, 15) is 4.79 Å². The summed E-state index contributed by atoms with van der Waals surface area (Å²) in [5.41, 5.74) is 0. The Morgan fingerprint density at radius 1 is 1.00 bits per heavy atom. The van der Waals surface area contributed by atoms with E-state index in [-0.39, 0.29) is 5.97 Å². The van der Waals surface area contributed by atoms with Crippen molar-refractivity contribution in [1.82, 2.24) is 10.6 Å². The highest BCUT2D eigenvalue weighted by Gasteiger charge is 2.01. The molecule has 0 bridgehead atoms. The molecule has 0 atom stereocenters. The molecule has 2 N–H and O–H groups in total. The van der Waals surface area contributed by atoms with Gasteiger partial charge in [-0.3, -0.25) is 9.79 Å². The molecule has 0 aromatic carbocycles. The summed E-state index contributed by atoms with van der Waals surface area (Å²) < 4.78 is 4.89. The van der Waals surface area contributed by atoms with Crippen molar-refractivity contribution in [2.75, 3.05) is 26.7 Å². The molecule has 0 spiro atoms. The fourth-order valence-corrected chi connectivity index (χ4v) is 1.79. The minimum Gasteiger partial charge on any atom is -0.466 e. The van der Waals surface area contributed by atoms with Crippen LogP contribution in [0.2, 0.25) is 0 Å². The molecule has 5 nitrogen and oxygen atoms in total. The molecule has 0 heterocycles. The Bertz CT molecular complexity index is 268. The van der Waals surface area contributed by atoms with Crippen LogP contribution in [0.1, 0.15) is 58.8 Å².